The minimum atomic E-state index is 0.0442. The van der Waals surface area contributed by atoms with E-state index in [9.17, 15) is 4.79 Å². The van der Waals surface area contributed by atoms with Gasteiger partial charge in [-0.05, 0) is 53.5 Å². The summed E-state index contributed by atoms with van der Waals surface area (Å²) in [6, 6.07) is 9.57. The highest BCUT2D eigenvalue weighted by Crippen LogP contribution is 2.33. The van der Waals surface area contributed by atoms with Crippen LogP contribution < -0.4 is 18.9 Å². The third-order valence-corrected chi connectivity index (χ3v) is 4.83. The number of hydrogen-bond acceptors (Lipinski definition) is 5. The van der Waals surface area contributed by atoms with Crippen LogP contribution in [0.3, 0.4) is 0 Å². The lowest BCUT2D eigenvalue weighted by Gasteiger charge is -2.17. The second-order valence-corrected chi connectivity index (χ2v) is 6.42. The molecule has 148 valence electrons. The number of carbonyl (C=O) groups excluding carboxylic acids is 1. The Bertz CT molecular complexity index is 891. The highest BCUT2D eigenvalue weighted by molar-refractivity contribution is 5.84. The molecule has 0 N–H and O–H groups in total. The number of hydrogen-bond donors (Lipinski definition) is 0. The Kier molecular flexibility index (Phi) is 6.09. The number of benzene rings is 2. The molecule has 1 amide bonds. The predicted octanol–water partition coefficient (Wildman–Crippen LogP) is 3.32. The molecule has 3 rings (SSSR count). The second kappa shape index (κ2) is 8.69. The normalized spacial score (nSPS) is 13.0. The van der Waals surface area contributed by atoms with Gasteiger partial charge in [-0.25, -0.2) is 0 Å². The predicted molar refractivity (Wildman–Crippen MR) is 107 cm³/mol. The lowest BCUT2D eigenvalue weighted by atomic mass is 10.0. The molecule has 1 aliphatic rings. The maximum absolute atomic E-state index is 12.7. The van der Waals surface area contributed by atoms with E-state index in [2.05, 4.69) is 0 Å². The van der Waals surface area contributed by atoms with E-state index in [-0.39, 0.29) is 5.91 Å². The first-order chi connectivity index (χ1) is 13.6. The Morgan fingerprint density at radius 3 is 2.18 bits per heavy atom. The lowest BCUT2D eigenvalue weighted by molar-refractivity contribution is -0.127. The molecule has 0 aromatic heterocycles. The SMILES string of the molecule is COc1ccc(CCN2C=Cc3cc(OC)c(OC)cc3CC2=O)cc1OC. The maximum atomic E-state index is 12.7. The molecule has 1 aliphatic heterocycles. The summed E-state index contributed by atoms with van der Waals surface area (Å²) in [4.78, 5) is 14.5. The Morgan fingerprint density at radius 2 is 1.50 bits per heavy atom. The zero-order chi connectivity index (χ0) is 20.1. The third-order valence-electron chi connectivity index (χ3n) is 4.83. The van der Waals surface area contributed by atoms with Crippen molar-refractivity contribution in [2.75, 3.05) is 35.0 Å². The largest absolute Gasteiger partial charge is 0.493 e. The molecule has 0 aliphatic carbocycles. The van der Waals surface area contributed by atoms with Crippen LogP contribution in [0.1, 0.15) is 16.7 Å². The number of methoxy groups -OCH3 is 4. The number of carbonyl (C=O) groups is 1. The lowest BCUT2D eigenvalue weighted by Crippen LogP contribution is -2.28. The fraction of sp³-hybridized carbons (Fsp3) is 0.318. The van der Waals surface area contributed by atoms with Gasteiger partial charge in [0.1, 0.15) is 0 Å². The summed E-state index contributed by atoms with van der Waals surface area (Å²) in [5, 5.41) is 0. The number of fused-ring (bicyclic) bond motifs is 1. The molecule has 0 radical (unpaired) electrons. The molecular weight excluding hydrogens is 358 g/mol. The van der Waals surface area contributed by atoms with E-state index in [1.54, 1.807) is 33.3 Å². The van der Waals surface area contributed by atoms with Crippen LogP contribution in [0.15, 0.2) is 36.5 Å². The molecule has 0 spiro atoms. The maximum Gasteiger partial charge on any atom is 0.230 e. The van der Waals surface area contributed by atoms with Crippen molar-refractivity contribution < 1.29 is 23.7 Å². The Morgan fingerprint density at radius 1 is 0.857 bits per heavy atom. The van der Waals surface area contributed by atoms with Gasteiger partial charge in [-0.1, -0.05) is 6.07 Å². The minimum absolute atomic E-state index is 0.0442. The van der Waals surface area contributed by atoms with Crippen LogP contribution in [0.5, 0.6) is 23.0 Å². The zero-order valence-corrected chi connectivity index (χ0v) is 16.7. The average Bonchev–Trinajstić information content (AvgIpc) is 2.88. The van der Waals surface area contributed by atoms with E-state index in [1.807, 2.05) is 42.6 Å². The highest BCUT2D eigenvalue weighted by atomic mass is 16.5. The smallest absolute Gasteiger partial charge is 0.230 e. The van der Waals surface area contributed by atoms with Gasteiger partial charge in [0.15, 0.2) is 23.0 Å². The first-order valence-corrected chi connectivity index (χ1v) is 9.03. The van der Waals surface area contributed by atoms with E-state index in [4.69, 9.17) is 18.9 Å². The summed E-state index contributed by atoms with van der Waals surface area (Å²) in [6.07, 6.45) is 4.80. The van der Waals surface area contributed by atoms with Crippen LogP contribution in [-0.4, -0.2) is 45.8 Å². The third kappa shape index (κ3) is 4.06. The molecule has 0 atom stereocenters. The number of nitrogens with zero attached hydrogens (tertiary/aromatic N) is 1. The van der Waals surface area contributed by atoms with E-state index < -0.39 is 0 Å². The van der Waals surface area contributed by atoms with E-state index >= 15 is 0 Å². The Labute approximate surface area is 165 Å². The van der Waals surface area contributed by atoms with Gasteiger partial charge in [-0.2, -0.15) is 0 Å². The van der Waals surface area contributed by atoms with Crippen LogP contribution in [0.4, 0.5) is 0 Å². The minimum Gasteiger partial charge on any atom is -0.493 e. The Hall–Kier alpha value is -3.15. The van der Waals surface area contributed by atoms with E-state index in [0.29, 0.717) is 42.4 Å². The van der Waals surface area contributed by atoms with Crippen molar-refractivity contribution in [2.24, 2.45) is 0 Å². The molecule has 0 saturated carbocycles. The molecule has 0 unspecified atom stereocenters. The molecule has 0 bridgehead atoms. The first-order valence-electron chi connectivity index (χ1n) is 9.03. The number of rotatable bonds is 7. The molecule has 0 fully saturated rings. The van der Waals surface area contributed by atoms with Gasteiger partial charge in [0.05, 0.1) is 34.9 Å². The second-order valence-electron chi connectivity index (χ2n) is 6.42. The fourth-order valence-corrected chi connectivity index (χ4v) is 3.25. The summed E-state index contributed by atoms with van der Waals surface area (Å²) in [7, 11) is 6.42. The van der Waals surface area contributed by atoms with Crippen LogP contribution in [-0.2, 0) is 17.6 Å². The van der Waals surface area contributed by atoms with E-state index in [1.165, 1.54) is 0 Å². The summed E-state index contributed by atoms with van der Waals surface area (Å²) < 4.78 is 21.3. The van der Waals surface area contributed by atoms with Crippen LogP contribution in [0, 0.1) is 0 Å². The molecule has 1 heterocycles. The van der Waals surface area contributed by atoms with Gasteiger partial charge in [-0.15, -0.1) is 0 Å². The molecule has 6 heteroatoms. The molecule has 2 aromatic carbocycles. The molecular formula is C22H25NO5. The quantitative estimate of drug-likeness (QED) is 0.734. The first kappa shape index (κ1) is 19.6. The average molecular weight is 383 g/mol. The summed E-state index contributed by atoms with van der Waals surface area (Å²) in [5.74, 6) is 2.70. The van der Waals surface area contributed by atoms with Crippen LogP contribution >= 0.6 is 0 Å². The van der Waals surface area contributed by atoms with Crippen molar-refractivity contribution >= 4 is 12.0 Å². The van der Waals surface area contributed by atoms with Gasteiger partial charge in [0, 0.05) is 12.7 Å². The van der Waals surface area contributed by atoms with Crippen molar-refractivity contribution in [3.8, 4) is 23.0 Å². The summed E-state index contributed by atoms with van der Waals surface area (Å²) >= 11 is 0. The summed E-state index contributed by atoms with van der Waals surface area (Å²) in [5.41, 5.74) is 2.95. The highest BCUT2D eigenvalue weighted by Gasteiger charge is 2.19. The van der Waals surface area contributed by atoms with Crippen molar-refractivity contribution in [1.82, 2.24) is 4.90 Å². The van der Waals surface area contributed by atoms with Gasteiger partial charge < -0.3 is 23.8 Å². The monoisotopic (exact) mass is 383 g/mol. The van der Waals surface area contributed by atoms with Crippen molar-refractivity contribution in [3.63, 3.8) is 0 Å². The molecule has 28 heavy (non-hydrogen) atoms. The fourth-order valence-electron chi connectivity index (χ4n) is 3.25. The number of ether oxygens (including phenoxy) is 4. The molecule has 6 nitrogen and oxygen atoms in total. The van der Waals surface area contributed by atoms with Crippen molar-refractivity contribution in [2.45, 2.75) is 12.8 Å². The van der Waals surface area contributed by atoms with Crippen molar-refractivity contribution in [1.29, 1.82) is 0 Å². The van der Waals surface area contributed by atoms with Gasteiger partial charge in [0.2, 0.25) is 5.91 Å². The zero-order valence-electron chi connectivity index (χ0n) is 16.7. The number of amides is 1. The Balaban J connectivity index is 1.75. The standard InChI is InChI=1S/C22H25NO5/c1-25-18-6-5-15(11-19(18)26-2)7-9-23-10-8-16-12-20(27-3)21(28-4)13-17(16)14-22(23)24/h5-6,8,10-13H,7,9,14H2,1-4H3. The van der Waals surface area contributed by atoms with Gasteiger partial charge >= 0.3 is 0 Å². The molecule has 2 aromatic rings. The van der Waals surface area contributed by atoms with Crippen LogP contribution in [0.2, 0.25) is 0 Å². The van der Waals surface area contributed by atoms with E-state index in [0.717, 1.165) is 16.7 Å². The van der Waals surface area contributed by atoms with Crippen molar-refractivity contribution in [3.05, 3.63) is 53.2 Å². The summed E-state index contributed by atoms with van der Waals surface area (Å²) in [6.45, 7) is 0.576. The molecule has 0 saturated heterocycles. The topological polar surface area (TPSA) is 57.2 Å². The van der Waals surface area contributed by atoms with Gasteiger partial charge in [0.25, 0.3) is 0 Å². The van der Waals surface area contributed by atoms with Gasteiger partial charge in [-0.3, -0.25) is 4.79 Å². The van der Waals surface area contributed by atoms with Crippen LogP contribution in [0.25, 0.3) is 6.08 Å².